The standard InChI is InChI=1S/C52H68N2O2.C42H62N2O4/c1-34(2)8-6-7-9-35(3)47-26-27-48-46-33-45(37-12-20-42(21-13-37)56-44-24-16-40(54)17-25-44)50-32-38(28-30-52(50,5)49(46)29-31-51(47,48)4)36-10-18-41(19-11-36)55-43-22-14-39(53)15-23-43;1-27(2)8-6-7-9-28(3)36-18-19-37-34-25-35(40(45)47-32-14-10-30(43)11-15-32)39-24-29(26-46-48-33-16-12-31(44)13-17-33)20-22-42(39,5)38(34)21-23-41(36,37)4/h10-25,34-35,38,45-50H,6-9,26-33,53-54H2,1-5H3;10-17,27-29,34-39H,6-9,18-26,43-44H2,1-5H3. The van der Waals surface area contributed by atoms with Crippen molar-refractivity contribution in [1.29, 1.82) is 0 Å². The molecule has 20 atom stereocenters. The van der Waals surface area contributed by atoms with Crippen LogP contribution in [-0.4, -0.2) is 12.6 Å². The Hall–Kier alpha value is -6.65. The number of carbonyl (C=O) groups is 1. The monoisotopic (exact) mass is 1410 g/mol. The van der Waals surface area contributed by atoms with Gasteiger partial charge in [0.1, 0.15) is 28.7 Å². The zero-order valence-corrected chi connectivity index (χ0v) is 65.2. The van der Waals surface area contributed by atoms with Gasteiger partial charge >= 0.3 is 5.97 Å². The number of anilines is 4. The number of esters is 1. The minimum atomic E-state index is -0.121. The average molecular weight is 1410 g/mol. The maximum atomic E-state index is 14.3. The quantitative estimate of drug-likeness (QED) is 0.0114. The lowest BCUT2D eigenvalue weighted by atomic mass is 9.41. The van der Waals surface area contributed by atoms with Crippen molar-refractivity contribution in [2.24, 2.45) is 116 Å². The first-order chi connectivity index (χ1) is 50.0. The van der Waals surface area contributed by atoms with E-state index in [4.69, 9.17) is 46.9 Å². The summed E-state index contributed by atoms with van der Waals surface area (Å²) in [6, 6.07) is 48.2. The SMILES string of the molecule is CC(C)CCCCC(C)C1CCC2C3CC(C(=O)Oc4ccc(N)cc4)C4CC(COOc5ccc(N)cc5)CCC4(C)C3CCC12C.CC(C)CCCCC(C)C1CCC2C3CC(c4ccc(Oc5ccc(N)cc5)cc4)C4CC(c5ccc(Oc6ccc(N)cc6)cc5)CCC4(C)C3CCC12C. The first-order valence-electron chi connectivity index (χ1n) is 41.5. The van der Waals surface area contributed by atoms with Crippen LogP contribution in [-0.2, 0) is 9.68 Å². The van der Waals surface area contributed by atoms with Gasteiger partial charge in [-0.25, -0.2) is 0 Å². The van der Waals surface area contributed by atoms with Crippen molar-refractivity contribution in [2.45, 2.75) is 235 Å². The molecule has 8 N–H and O–H groups in total. The van der Waals surface area contributed by atoms with Crippen molar-refractivity contribution in [3.8, 4) is 34.5 Å². The molecule has 0 heterocycles. The maximum absolute atomic E-state index is 14.3. The third-order valence-corrected chi connectivity index (χ3v) is 30.1. The molecule has 14 rings (SSSR count). The Kier molecular flexibility index (Phi) is 23.6. The van der Waals surface area contributed by atoms with Gasteiger partial charge in [0, 0.05) is 22.7 Å². The molecule has 6 aromatic rings. The fraction of sp³-hybridized carbons (Fsp3) is 0.606. The highest BCUT2D eigenvalue weighted by Gasteiger charge is 2.65. The Morgan fingerprint density at radius 1 is 0.394 bits per heavy atom. The first kappa shape index (κ1) is 75.6. The number of nitrogen functional groups attached to an aromatic ring is 4. The fourth-order valence-corrected chi connectivity index (χ4v) is 24.6. The molecule has 10 nitrogen and oxygen atoms in total. The second-order valence-electron chi connectivity index (χ2n) is 36.9. The summed E-state index contributed by atoms with van der Waals surface area (Å²) in [5, 5.41) is 0. The number of benzene rings is 6. The molecule has 8 aliphatic rings. The molecule has 562 valence electrons. The fourth-order valence-electron chi connectivity index (χ4n) is 24.6. The molecule has 8 aliphatic carbocycles. The minimum absolute atomic E-state index is 0.0607. The number of fused-ring (bicyclic) bond motifs is 10. The van der Waals surface area contributed by atoms with Crippen molar-refractivity contribution in [2.75, 3.05) is 29.5 Å². The van der Waals surface area contributed by atoms with Gasteiger partial charge in [-0.1, -0.05) is 145 Å². The number of nitrogens with two attached hydrogens (primary N) is 4. The third-order valence-electron chi connectivity index (χ3n) is 30.1. The molecular weight excluding hydrogens is 1280 g/mol. The summed E-state index contributed by atoms with van der Waals surface area (Å²) in [7, 11) is 0. The Balaban J connectivity index is 0.000000187. The molecule has 0 saturated heterocycles. The van der Waals surface area contributed by atoms with Crippen LogP contribution in [0.4, 0.5) is 22.7 Å². The Labute approximate surface area is 626 Å². The third kappa shape index (κ3) is 16.4. The molecule has 0 aromatic heterocycles. The summed E-state index contributed by atoms with van der Waals surface area (Å²) in [5.74, 6) is 16.2. The Morgan fingerprint density at radius 3 is 1.27 bits per heavy atom. The minimum Gasteiger partial charge on any atom is -0.457 e. The van der Waals surface area contributed by atoms with Gasteiger partial charge in [0.25, 0.3) is 0 Å². The molecule has 8 saturated carbocycles. The van der Waals surface area contributed by atoms with Gasteiger partial charge in [-0.3, -0.25) is 4.79 Å². The number of hydrogen-bond donors (Lipinski definition) is 4. The van der Waals surface area contributed by atoms with Crippen LogP contribution >= 0.6 is 0 Å². The van der Waals surface area contributed by atoms with Crippen LogP contribution in [0.1, 0.15) is 246 Å². The second kappa shape index (κ2) is 32.4. The highest BCUT2D eigenvalue weighted by Crippen LogP contribution is 2.73. The lowest BCUT2D eigenvalue weighted by Gasteiger charge is -2.63. The van der Waals surface area contributed by atoms with Crippen LogP contribution in [0.3, 0.4) is 0 Å². The van der Waals surface area contributed by atoms with Crippen LogP contribution in [0.5, 0.6) is 34.5 Å². The van der Waals surface area contributed by atoms with Crippen LogP contribution in [0.2, 0.25) is 0 Å². The van der Waals surface area contributed by atoms with Crippen molar-refractivity contribution in [1.82, 2.24) is 0 Å². The number of unbranched alkanes of at least 4 members (excludes halogenated alkanes) is 2. The smallest absolute Gasteiger partial charge is 0.314 e. The van der Waals surface area contributed by atoms with Crippen LogP contribution in [0.25, 0.3) is 0 Å². The van der Waals surface area contributed by atoms with Gasteiger partial charge in [0.2, 0.25) is 0 Å². The molecule has 0 aliphatic heterocycles. The summed E-state index contributed by atoms with van der Waals surface area (Å²) in [4.78, 5) is 25.7. The van der Waals surface area contributed by atoms with Gasteiger partial charge in [-0.15, -0.1) is 0 Å². The molecule has 0 amide bonds. The van der Waals surface area contributed by atoms with Crippen molar-refractivity contribution >= 4 is 28.7 Å². The summed E-state index contributed by atoms with van der Waals surface area (Å²) >= 11 is 0. The number of carbonyl (C=O) groups excluding carboxylic acids is 1. The van der Waals surface area contributed by atoms with E-state index in [1.807, 2.05) is 97.1 Å². The lowest BCUT2D eigenvalue weighted by molar-refractivity contribution is -0.226. The summed E-state index contributed by atoms with van der Waals surface area (Å²) in [6.07, 6.45) is 31.4. The predicted octanol–water partition coefficient (Wildman–Crippen LogP) is 24.5. The summed E-state index contributed by atoms with van der Waals surface area (Å²) < 4.78 is 18.7. The van der Waals surface area contributed by atoms with Crippen LogP contribution < -0.4 is 42.0 Å². The van der Waals surface area contributed by atoms with Crippen LogP contribution in [0, 0.1) is 116 Å². The maximum Gasteiger partial charge on any atom is 0.314 e. The van der Waals surface area contributed by atoms with E-state index >= 15 is 0 Å². The summed E-state index contributed by atoms with van der Waals surface area (Å²) in [6.45, 7) is 25.8. The molecule has 6 aromatic carbocycles. The summed E-state index contributed by atoms with van der Waals surface area (Å²) in [5.41, 5.74) is 30.8. The zero-order chi connectivity index (χ0) is 73.1. The molecule has 10 heteroatoms. The van der Waals surface area contributed by atoms with E-state index < -0.39 is 0 Å². The van der Waals surface area contributed by atoms with Crippen LogP contribution in [0.15, 0.2) is 146 Å². The molecule has 0 bridgehead atoms. The van der Waals surface area contributed by atoms with E-state index in [-0.39, 0.29) is 23.2 Å². The number of ether oxygens (including phenoxy) is 3. The van der Waals surface area contributed by atoms with E-state index in [2.05, 4.69) is 118 Å². The lowest BCUT2D eigenvalue weighted by Crippen LogP contribution is -2.58. The van der Waals surface area contributed by atoms with Crippen molar-refractivity contribution in [3.63, 3.8) is 0 Å². The second-order valence-corrected chi connectivity index (χ2v) is 36.9. The van der Waals surface area contributed by atoms with Gasteiger partial charge in [-0.05, 0) is 357 Å². The van der Waals surface area contributed by atoms with E-state index in [0.717, 1.165) is 113 Å². The van der Waals surface area contributed by atoms with Crippen molar-refractivity contribution < 1.29 is 28.8 Å². The van der Waals surface area contributed by atoms with Gasteiger partial charge in [0.05, 0.1) is 12.5 Å². The molecule has 8 fully saturated rings. The van der Waals surface area contributed by atoms with E-state index in [1.54, 1.807) is 0 Å². The predicted molar refractivity (Wildman–Crippen MR) is 427 cm³/mol. The van der Waals surface area contributed by atoms with Crippen molar-refractivity contribution in [3.05, 3.63) is 157 Å². The normalized spacial score (nSPS) is 33.1. The topological polar surface area (TPSA) is 167 Å². The van der Waals surface area contributed by atoms with E-state index in [0.29, 0.717) is 87.2 Å². The molecule has 104 heavy (non-hydrogen) atoms. The first-order valence-corrected chi connectivity index (χ1v) is 41.5. The molecule has 0 radical (unpaired) electrons. The molecule has 20 unspecified atom stereocenters. The largest absolute Gasteiger partial charge is 0.457 e. The zero-order valence-electron chi connectivity index (χ0n) is 65.2. The molecular formula is C94H130N4O6. The van der Waals surface area contributed by atoms with E-state index in [9.17, 15) is 4.79 Å². The van der Waals surface area contributed by atoms with Gasteiger partial charge < -0.3 is 42.0 Å². The Bertz CT molecular complexity index is 3730. The van der Waals surface area contributed by atoms with E-state index in [1.165, 1.54) is 140 Å². The molecule has 0 spiro atoms. The highest BCUT2D eigenvalue weighted by atomic mass is 17.2. The number of rotatable bonds is 24. The average Bonchev–Trinajstić information content (AvgIpc) is 1.27. The highest BCUT2D eigenvalue weighted by molar-refractivity contribution is 5.76. The Morgan fingerprint density at radius 2 is 0.788 bits per heavy atom. The number of hydrogen-bond acceptors (Lipinski definition) is 10. The van der Waals surface area contributed by atoms with Gasteiger partial charge in [-0.2, -0.15) is 4.89 Å². The van der Waals surface area contributed by atoms with Gasteiger partial charge in [0.15, 0.2) is 5.75 Å².